The summed E-state index contributed by atoms with van der Waals surface area (Å²) in [6.07, 6.45) is 4.94. The second-order valence-electron chi connectivity index (χ2n) is 8.57. The van der Waals surface area contributed by atoms with Crippen LogP contribution in [0.4, 0.5) is 5.13 Å². The molecule has 180 valence electrons. The number of carbonyl (C=O) groups excluding carboxylic acids is 1. The summed E-state index contributed by atoms with van der Waals surface area (Å²) in [6, 6.07) is 12.7. The first-order valence-electron chi connectivity index (χ1n) is 11.6. The predicted octanol–water partition coefficient (Wildman–Crippen LogP) is 4.16. The number of rotatable bonds is 5. The zero-order valence-corrected chi connectivity index (χ0v) is 21.6. The summed E-state index contributed by atoms with van der Waals surface area (Å²) >= 11 is 3.40. The molecule has 2 aliphatic rings. The van der Waals surface area contributed by atoms with Crippen molar-refractivity contribution >= 4 is 54.4 Å². The Kier molecular flexibility index (Phi) is 6.83. The fourth-order valence-corrected chi connectivity index (χ4v) is 7.71. The number of sulfonamides is 1. The van der Waals surface area contributed by atoms with Gasteiger partial charge in [-0.25, -0.2) is 13.4 Å². The van der Waals surface area contributed by atoms with Gasteiger partial charge in [0.2, 0.25) is 10.0 Å². The van der Waals surface area contributed by atoms with Crippen LogP contribution in [0.5, 0.6) is 0 Å². The summed E-state index contributed by atoms with van der Waals surface area (Å²) in [4.78, 5) is 23.4. The molecule has 7 nitrogen and oxygen atoms in total. The molecule has 2 aromatic carbocycles. The number of nitrogens with zero attached hydrogens (tertiary/aromatic N) is 4. The third-order valence-electron chi connectivity index (χ3n) is 6.48. The monoisotopic (exact) mass is 516 g/mol. The minimum absolute atomic E-state index is 0.0597. The molecule has 3 aromatic rings. The Labute approximate surface area is 208 Å². The maximum Gasteiger partial charge on any atom is 0.253 e. The molecule has 0 N–H and O–H groups in total. The van der Waals surface area contributed by atoms with Crippen LogP contribution in [0.1, 0.15) is 29.6 Å². The normalized spacial score (nSPS) is 17.9. The lowest BCUT2D eigenvalue weighted by atomic mass is 10.2. The maximum absolute atomic E-state index is 13.1. The topological polar surface area (TPSA) is 73.8 Å². The fraction of sp³-hybridized carbons (Fsp3) is 0.417. The van der Waals surface area contributed by atoms with Gasteiger partial charge in [-0.3, -0.25) is 4.79 Å². The summed E-state index contributed by atoms with van der Waals surface area (Å²) in [6.45, 7) is 3.81. The Hall–Kier alpha value is -2.14. The highest BCUT2D eigenvalue weighted by atomic mass is 32.2. The van der Waals surface area contributed by atoms with Crippen LogP contribution in [-0.2, 0) is 10.0 Å². The number of thioether (sulfide) groups is 1. The van der Waals surface area contributed by atoms with Crippen molar-refractivity contribution < 1.29 is 13.2 Å². The SMILES string of the molecule is CSc1cccc2sc(N3CCN(C(=O)c4ccc(S(=O)(=O)N5CCCCC5)cc4)CC3)nc12. The van der Waals surface area contributed by atoms with Gasteiger partial charge in [0.25, 0.3) is 5.91 Å². The molecular formula is C24H28N4O3S3. The third kappa shape index (κ3) is 4.56. The van der Waals surface area contributed by atoms with Gasteiger partial charge in [-0.1, -0.05) is 23.8 Å². The fourth-order valence-electron chi connectivity index (χ4n) is 4.52. The number of amides is 1. The van der Waals surface area contributed by atoms with E-state index in [4.69, 9.17) is 4.98 Å². The zero-order chi connectivity index (χ0) is 23.7. The number of piperidine rings is 1. The highest BCUT2D eigenvalue weighted by Gasteiger charge is 2.27. The molecule has 2 fully saturated rings. The van der Waals surface area contributed by atoms with Crippen molar-refractivity contribution in [2.24, 2.45) is 0 Å². The second kappa shape index (κ2) is 9.85. The predicted molar refractivity (Wildman–Crippen MR) is 139 cm³/mol. The highest BCUT2D eigenvalue weighted by molar-refractivity contribution is 7.98. The van der Waals surface area contributed by atoms with E-state index in [1.807, 2.05) is 4.90 Å². The van der Waals surface area contributed by atoms with Crippen LogP contribution < -0.4 is 4.90 Å². The molecule has 5 rings (SSSR count). The lowest BCUT2D eigenvalue weighted by Crippen LogP contribution is -2.48. The van der Waals surface area contributed by atoms with Crippen LogP contribution in [0.3, 0.4) is 0 Å². The Morgan fingerprint density at radius 1 is 0.941 bits per heavy atom. The van der Waals surface area contributed by atoms with Gasteiger partial charge in [-0.2, -0.15) is 4.31 Å². The van der Waals surface area contributed by atoms with E-state index < -0.39 is 10.0 Å². The summed E-state index contributed by atoms with van der Waals surface area (Å²) in [5.41, 5.74) is 1.57. The largest absolute Gasteiger partial charge is 0.345 e. The van der Waals surface area contributed by atoms with Crippen molar-refractivity contribution in [3.8, 4) is 0 Å². The Morgan fingerprint density at radius 3 is 2.32 bits per heavy atom. The van der Waals surface area contributed by atoms with Gasteiger partial charge in [-0.15, -0.1) is 11.8 Å². The first-order valence-corrected chi connectivity index (χ1v) is 15.0. The molecule has 34 heavy (non-hydrogen) atoms. The molecule has 1 amide bonds. The first kappa shape index (κ1) is 23.6. The molecule has 0 atom stereocenters. The molecule has 0 bridgehead atoms. The van der Waals surface area contributed by atoms with E-state index in [-0.39, 0.29) is 10.8 Å². The van der Waals surface area contributed by atoms with Gasteiger partial charge in [0.15, 0.2) is 5.13 Å². The molecule has 3 heterocycles. The molecule has 0 saturated carbocycles. The van der Waals surface area contributed by atoms with Gasteiger partial charge in [0, 0.05) is 49.7 Å². The molecule has 10 heteroatoms. The van der Waals surface area contributed by atoms with Crippen molar-refractivity contribution in [2.75, 3.05) is 50.4 Å². The maximum atomic E-state index is 13.1. The Morgan fingerprint density at radius 2 is 1.65 bits per heavy atom. The molecule has 0 unspecified atom stereocenters. The Bertz CT molecular complexity index is 1280. The number of benzene rings is 2. The minimum atomic E-state index is -3.49. The summed E-state index contributed by atoms with van der Waals surface area (Å²) in [5, 5.41) is 0.996. The molecule has 2 aliphatic heterocycles. The van der Waals surface area contributed by atoms with Crippen molar-refractivity contribution in [3.63, 3.8) is 0 Å². The lowest BCUT2D eigenvalue weighted by Gasteiger charge is -2.34. The van der Waals surface area contributed by atoms with Crippen LogP contribution in [0.2, 0.25) is 0 Å². The van der Waals surface area contributed by atoms with Crippen LogP contribution in [0, 0.1) is 0 Å². The van der Waals surface area contributed by atoms with E-state index in [1.165, 1.54) is 9.60 Å². The van der Waals surface area contributed by atoms with Crippen LogP contribution in [0.25, 0.3) is 10.2 Å². The molecule has 2 saturated heterocycles. The number of para-hydroxylation sites is 1. The van der Waals surface area contributed by atoms with E-state index in [0.717, 1.165) is 43.0 Å². The minimum Gasteiger partial charge on any atom is -0.345 e. The zero-order valence-electron chi connectivity index (χ0n) is 19.1. The summed E-state index contributed by atoms with van der Waals surface area (Å²) < 4.78 is 28.5. The summed E-state index contributed by atoms with van der Waals surface area (Å²) in [7, 11) is -3.49. The van der Waals surface area contributed by atoms with E-state index in [2.05, 4.69) is 29.4 Å². The number of thiazole rings is 1. The lowest BCUT2D eigenvalue weighted by molar-refractivity contribution is 0.0746. The standard InChI is InChI=1S/C24H28N4O3S3/c1-32-20-6-5-7-21-22(20)25-24(33-21)27-16-14-26(15-17-27)23(29)18-8-10-19(11-9-18)34(30,31)28-12-3-2-4-13-28/h5-11H,2-4,12-17H2,1H3. The van der Waals surface area contributed by atoms with Crippen LogP contribution in [-0.4, -0.2) is 74.0 Å². The molecule has 0 radical (unpaired) electrons. The smallest absolute Gasteiger partial charge is 0.253 e. The quantitative estimate of drug-likeness (QED) is 0.474. The first-order chi connectivity index (χ1) is 16.5. The van der Waals surface area contributed by atoms with Crippen LogP contribution >= 0.6 is 23.1 Å². The molecule has 1 aromatic heterocycles. The van der Waals surface area contributed by atoms with Crippen molar-refractivity contribution in [3.05, 3.63) is 48.0 Å². The van der Waals surface area contributed by atoms with Gasteiger partial charge >= 0.3 is 0 Å². The average molecular weight is 517 g/mol. The number of hydrogen-bond donors (Lipinski definition) is 0. The number of fused-ring (bicyclic) bond motifs is 1. The van der Waals surface area contributed by atoms with Gasteiger partial charge < -0.3 is 9.80 Å². The molecular weight excluding hydrogens is 488 g/mol. The van der Waals surface area contributed by atoms with Crippen molar-refractivity contribution in [2.45, 2.75) is 29.1 Å². The number of carbonyl (C=O) groups is 1. The number of anilines is 1. The van der Waals surface area contributed by atoms with Crippen molar-refractivity contribution in [1.29, 1.82) is 0 Å². The molecule has 0 spiro atoms. The number of piperazine rings is 1. The van der Waals surface area contributed by atoms with Crippen LogP contribution in [0.15, 0.2) is 52.3 Å². The number of hydrogen-bond acceptors (Lipinski definition) is 7. The highest BCUT2D eigenvalue weighted by Crippen LogP contribution is 2.34. The van der Waals surface area contributed by atoms with Gasteiger partial charge in [0.05, 0.1) is 15.1 Å². The molecule has 0 aliphatic carbocycles. The van der Waals surface area contributed by atoms with E-state index >= 15 is 0 Å². The third-order valence-corrected chi connectivity index (χ3v) is 10.2. The second-order valence-corrected chi connectivity index (χ2v) is 12.4. The summed E-state index contributed by atoms with van der Waals surface area (Å²) in [5.74, 6) is -0.0597. The average Bonchev–Trinajstić information content (AvgIpc) is 3.33. The van der Waals surface area contributed by atoms with Crippen molar-refractivity contribution in [1.82, 2.24) is 14.2 Å². The Balaban J connectivity index is 1.23. The van der Waals surface area contributed by atoms with E-state index in [9.17, 15) is 13.2 Å². The number of aromatic nitrogens is 1. The van der Waals surface area contributed by atoms with Gasteiger partial charge in [0.1, 0.15) is 0 Å². The van der Waals surface area contributed by atoms with E-state index in [0.29, 0.717) is 31.7 Å². The van der Waals surface area contributed by atoms with Gasteiger partial charge in [-0.05, 0) is 55.5 Å². The van der Waals surface area contributed by atoms with E-state index in [1.54, 1.807) is 51.7 Å².